The Bertz CT molecular complexity index is 724. The van der Waals surface area contributed by atoms with Crippen LogP contribution in [0.2, 0.25) is 0 Å². The number of aliphatic carboxylic acids is 1. The van der Waals surface area contributed by atoms with Crippen molar-refractivity contribution in [3.63, 3.8) is 0 Å². The fourth-order valence-electron chi connectivity index (χ4n) is 4.81. The minimum atomic E-state index is -0.733. The van der Waals surface area contributed by atoms with Crippen LogP contribution in [0.3, 0.4) is 0 Å². The molecule has 2 unspecified atom stereocenters. The second-order valence-corrected chi connectivity index (χ2v) is 8.12. The van der Waals surface area contributed by atoms with E-state index in [-0.39, 0.29) is 12.5 Å². The molecular weight excluding hydrogens is 366 g/mol. The Labute approximate surface area is 172 Å². The van der Waals surface area contributed by atoms with Gasteiger partial charge in [0.05, 0.1) is 0 Å². The van der Waals surface area contributed by atoms with E-state index in [1.54, 1.807) is 0 Å². The predicted octanol–water partition coefficient (Wildman–Crippen LogP) is 5.05. The summed E-state index contributed by atoms with van der Waals surface area (Å²) in [6.07, 6.45) is 14.1. The lowest BCUT2D eigenvalue weighted by Crippen LogP contribution is -2.41. The Kier molecular flexibility index (Phi) is 7.85. The third-order valence-corrected chi connectivity index (χ3v) is 6.24. The van der Waals surface area contributed by atoms with E-state index in [0.29, 0.717) is 24.2 Å². The fourth-order valence-corrected chi connectivity index (χ4v) is 4.81. The number of carboxylic acids is 1. The van der Waals surface area contributed by atoms with E-state index in [1.807, 2.05) is 36.5 Å². The number of nitrogens with zero attached hydrogens (tertiary/aromatic N) is 1. The first-order valence-corrected chi connectivity index (χ1v) is 10.7. The molecule has 1 aromatic carbocycles. The summed E-state index contributed by atoms with van der Waals surface area (Å²) in [6, 6.07) is 8.99. The number of unbranched alkanes of at least 4 members (excludes halogenated alkanes) is 1. The summed E-state index contributed by atoms with van der Waals surface area (Å²) in [5, 5.41) is 15.7. The number of carbonyl (C=O) groups is 2. The van der Waals surface area contributed by atoms with Crippen molar-refractivity contribution in [2.75, 3.05) is 5.32 Å². The lowest BCUT2D eigenvalue weighted by Gasteiger charge is -2.47. The molecule has 0 spiro atoms. The summed E-state index contributed by atoms with van der Waals surface area (Å²) >= 11 is 0. The number of hydrazone groups is 1. The minimum absolute atomic E-state index is 0.227. The molecule has 2 atom stereocenters. The van der Waals surface area contributed by atoms with Gasteiger partial charge in [-0.1, -0.05) is 30.4 Å². The number of urea groups is 1. The molecule has 29 heavy (non-hydrogen) atoms. The standard InChI is InChI=1S/C23H31N3O3/c27-22(28)11-7-2-1-6-10-20-17-12-14-18(15-13-17)21(20)16-24-26-23(29)25-19-8-4-3-5-9-19/h1,3-6,8-9,16-18,20-21H,2,7,10-15H2,(H,27,28)(H2,25,26,29)/b6-1-,24-16?. The van der Waals surface area contributed by atoms with E-state index in [1.165, 1.54) is 25.7 Å². The molecule has 156 valence electrons. The SMILES string of the molecule is O=C(O)CCC/C=C\CC1C2CCC(CC2)C1C=NNC(=O)Nc1ccccc1. The molecule has 0 aliphatic heterocycles. The number of anilines is 1. The molecule has 4 rings (SSSR count). The normalized spacial score (nSPS) is 26.1. The van der Waals surface area contributed by atoms with Gasteiger partial charge in [-0.15, -0.1) is 0 Å². The molecule has 3 saturated carbocycles. The van der Waals surface area contributed by atoms with Crippen molar-refractivity contribution in [3.8, 4) is 0 Å². The molecule has 0 saturated heterocycles. The van der Waals surface area contributed by atoms with Crippen LogP contribution in [0, 0.1) is 23.7 Å². The first-order valence-electron chi connectivity index (χ1n) is 10.7. The zero-order valence-electron chi connectivity index (χ0n) is 16.8. The van der Waals surface area contributed by atoms with Gasteiger partial charge in [-0.05, 0) is 74.8 Å². The highest BCUT2D eigenvalue weighted by Gasteiger charge is 2.42. The molecular formula is C23H31N3O3. The molecule has 0 aromatic heterocycles. The Hall–Kier alpha value is -2.63. The highest BCUT2D eigenvalue weighted by atomic mass is 16.4. The number of hydrogen-bond acceptors (Lipinski definition) is 3. The summed E-state index contributed by atoms with van der Waals surface area (Å²) < 4.78 is 0. The third kappa shape index (κ3) is 6.44. The maximum Gasteiger partial charge on any atom is 0.339 e. The maximum atomic E-state index is 12.0. The quantitative estimate of drug-likeness (QED) is 0.236. The van der Waals surface area contributed by atoms with Crippen molar-refractivity contribution in [3.05, 3.63) is 42.5 Å². The van der Waals surface area contributed by atoms with E-state index in [0.717, 1.165) is 24.4 Å². The van der Waals surface area contributed by atoms with Crippen LogP contribution in [-0.2, 0) is 4.79 Å². The minimum Gasteiger partial charge on any atom is -0.481 e. The van der Waals surface area contributed by atoms with E-state index < -0.39 is 5.97 Å². The number of fused-ring (bicyclic) bond motifs is 3. The number of nitrogens with one attached hydrogen (secondary N) is 2. The van der Waals surface area contributed by atoms with Gasteiger partial charge in [0.25, 0.3) is 0 Å². The molecule has 6 nitrogen and oxygen atoms in total. The van der Waals surface area contributed by atoms with Crippen molar-refractivity contribution >= 4 is 23.9 Å². The van der Waals surface area contributed by atoms with Gasteiger partial charge in [0.1, 0.15) is 0 Å². The molecule has 2 amide bonds. The van der Waals surface area contributed by atoms with Crippen molar-refractivity contribution in [2.45, 2.75) is 51.4 Å². The second kappa shape index (κ2) is 10.8. The van der Waals surface area contributed by atoms with Gasteiger partial charge < -0.3 is 10.4 Å². The van der Waals surface area contributed by atoms with Gasteiger partial charge >= 0.3 is 12.0 Å². The summed E-state index contributed by atoms with van der Waals surface area (Å²) in [6.45, 7) is 0. The fraction of sp³-hybridized carbons (Fsp3) is 0.522. The van der Waals surface area contributed by atoms with Crippen molar-refractivity contribution in [2.24, 2.45) is 28.8 Å². The van der Waals surface area contributed by atoms with Crippen molar-refractivity contribution in [1.82, 2.24) is 5.43 Å². The zero-order valence-corrected chi connectivity index (χ0v) is 16.8. The van der Waals surface area contributed by atoms with E-state index in [9.17, 15) is 9.59 Å². The summed E-state index contributed by atoms with van der Waals surface area (Å²) in [7, 11) is 0. The van der Waals surface area contributed by atoms with Crippen LogP contribution in [0.15, 0.2) is 47.6 Å². The smallest absolute Gasteiger partial charge is 0.339 e. The molecule has 3 aliphatic carbocycles. The number of benzene rings is 1. The third-order valence-electron chi connectivity index (χ3n) is 6.24. The van der Waals surface area contributed by atoms with Crippen LogP contribution in [0.1, 0.15) is 51.4 Å². The summed E-state index contributed by atoms with van der Waals surface area (Å²) in [4.78, 5) is 22.6. The number of carboxylic acid groups (broad SMARTS) is 1. The number of allylic oxidation sites excluding steroid dienone is 2. The second-order valence-electron chi connectivity index (χ2n) is 8.12. The zero-order chi connectivity index (χ0) is 20.5. The lowest BCUT2D eigenvalue weighted by atomic mass is 9.58. The maximum absolute atomic E-state index is 12.0. The number of para-hydroxylation sites is 1. The van der Waals surface area contributed by atoms with Crippen LogP contribution < -0.4 is 10.7 Å². The van der Waals surface area contributed by atoms with Gasteiger partial charge in [-0.25, -0.2) is 10.2 Å². The molecule has 3 aliphatic rings. The molecule has 6 heteroatoms. The Morgan fingerprint density at radius 3 is 2.52 bits per heavy atom. The Morgan fingerprint density at radius 1 is 1.07 bits per heavy atom. The highest BCUT2D eigenvalue weighted by molar-refractivity contribution is 5.89. The molecule has 3 fully saturated rings. The average molecular weight is 398 g/mol. The number of amides is 2. The topological polar surface area (TPSA) is 90.8 Å². The van der Waals surface area contributed by atoms with Crippen LogP contribution in [0.4, 0.5) is 10.5 Å². The first kappa shape index (κ1) is 21.1. The van der Waals surface area contributed by atoms with Crippen LogP contribution in [-0.4, -0.2) is 23.3 Å². The summed E-state index contributed by atoms with van der Waals surface area (Å²) in [5.41, 5.74) is 3.34. The van der Waals surface area contributed by atoms with Gasteiger partial charge in [0.15, 0.2) is 0 Å². The number of carbonyl (C=O) groups excluding carboxylic acids is 1. The molecule has 2 bridgehead atoms. The largest absolute Gasteiger partial charge is 0.481 e. The lowest BCUT2D eigenvalue weighted by molar-refractivity contribution is -0.137. The number of hydrogen-bond donors (Lipinski definition) is 3. The van der Waals surface area contributed by atoms with Crippen molar-refractivity contribution in [1.29, 1.82) is 0 Å². The van der Waals surface area contributed by atoms with Gasteiger partial charge in [0.2, 0.25) is 0 Å². The predicted molar refractivity (Wildman–Crippen MR) is 115 cm³/mol. The number of rotatable bonds is 9. The van der Waals surface area contributed by atoms with Crippen LogP contribution >= 0.6 is 0 Å². The average Bonchev–Trinajstić information content (AvgIpc) is 2.72. The Morgan fingerprint density at radius 2 is 1.79 bits per heavy atom. The van der Waals surface area contributed by atoms with Crippen LogP contribution in [0.25, 0.3) is 0 Å². The Balaban J connectivity index is 1.50. The van der Waals surface area contributed by atoms with E-state index in [4.69, 9.17) is 5.11 Å². The molecule has 0 radical (unpaired) electrons. The van der Waals surface area contributed by atoms with Gasteiger partial charge in [-0.3, -0.25) is 4.79 Å². The van der Waals surface area contributed by atoms with Crippen molar-refractivity contribution < 1.29 is 14.7 Å². The molecule has 3 N–H and O–H groups in total. The molecule has 1 aromatic rings. The van der Waals surface area contributed by atoms with E-state index in [2.05, 4.69) is 28.0 Å². The van der Waals surface area contributed by atoms with Gasteiger partial charge in [0, 0.05) is 24.2 Å². The van der Waals surface area contributed by atoms with Gasteiger partial charge in [-0.2, -0.15) is 5.10 Å². The first-order chi connectivity index (χ1) is 14.1. The molecule has 0 heterocycles. The highest BCUT2D eigenvalue weighted by Crippen LogP contribution is 2.49. The summed E-state index contributed by atoms with van der Waals surface area (Å²) in [5.74, 6) is 1.58. The monoisotopic (exact) mass is 397 g/mol. The van der Waals surface area contributed by atoms with E-state index >= 15 is 0 Å². The van der Waals surface area contributed by atoms with Crippen LogP contribution in [0.5, 0.6) is 0 Å².